The van der Waals surface area contributed by atoms with Gasteiger partial charge in [-0.25, -0.2) is 4.79 Å². The lowest BCUT2D eigenvalue weighted by molar-refractivity contribution is -0.142. The highest BCUT2D eigenvalue weighted by atomic mass is 16.4. The number of hydrogen-bond acceptors (Lipinski definition) is 8. The van der Waals surface area contributed by atoms with Crippen LogP contribution < -0.4 is 32.3 Å². The maximum absolute atomic E-state index is 13.9. The van der Waals surface area contributed by atoms with Crippen LogP contribution in [-0.2, 0) is 28.8 Å². The Morgan fingerprint density at radius 2 is 1.43 bits per heavy atom. The fourth-order valence-electron chi connectivity index (χ4n) is 6.13. The quantitative estimate of drug-likeness (QED) is 0.0891. The number of hydrogen-bond donors (Lipinski definition) is 7. The molecule has 2 aromatic rings. The number of anilines is 1. The number of nitrogens with two attached hydrogens (primary N) is 1. The molecule has 51 heavy (non-hydrogen) atoms. The van der Waals surface area contributed by atoms with Gasteiger partial charge in [-0.1, -0.05) is 88.9 Å². The molecule has 1 fully saturated rings. The first-order valence-corrected chi connectivity index (χ1v) is 17.5. The lowest BCUT2D eigenvalue weighted by Crippen LogP contribution is -2.58. The minimum Gasteiger partial charge on any atom is -0.479 e. The molecule has 0 heterocycles. The number of carboxylic acids is 1. The summed E-state index contributed by atoms with van der Waals surface area (Å²) in [7, 11) is 0. The number of ketones is 1. The molecule has 0 bridgehead atoms. The summed E-state index contributed by atoms with van der Waals surface area (Å²) in [5, 5.41) is 22.3. The number of carbonyl (C=O) groups is 7. The second-order valence-corrected chi connectivity index (χ2v) is 13.3. The number of carbonyl (C=O) groups excluding carboxylic acids is 6. The van der Waals surface area contributed by atoms with Crippen molar-refractivity contribution in [2.75, 3.05) is 12.3 Å². The molecule has 3 rings (SSSR count). The van der Waals surface area contributed by atoms with Crippen molar-refractivity contribution in [1.82, 2.24) is 26.6 Å². The van der Waals surface area contributed by atoms with Crippen LogP contribution in [0.4, 0.5) is 5.69 Å². The topological polar surface area (TPSA) is 226 Å². The van der Waals surface area contributed by atoms with Crippen molar-refractivity contribution < 1.29 is 38.7 Å². The number of amides is 5. The van der Waals surface area contributed by atoms with Gasteiger partial charge >= 0.3 is 5.97 Å². The average Bonchev–Trinajstić information content (AvgIpc) is 3.11. The third-order valence-electron chi connectivity index (χ3n) is 8.76. The molecule has 4 atom stereocenters. The Kier molecular flexibility index (Phi) is 15.6. The van der Waals surface area contributed by atoms with Crippen LogP contribution in [0.25, 0.3) is 0 Å². The number of carboxylic acid groups (broad SMARTS) is 1. The maximum Gasteiger partial charge on any atom is 0.330 e. The monoisotopic (exact) mass is 706 g/mol. The highest BCUT2D eigenvalue weighted by Gasteiger charge is 2.35. The van der Waals surface area contributed by atoms with Crippen LogP contribution in [0.3, 0.4) is 0 Å². The second kappa shape index (κ2) is 19.8. The second-order valence-electron chi connectivity index (χ2n) is 13.3. The van der Waals surface area contributed by atoms with E-state index in [2.05, 4.69) is 26.6 Å². The Bertz CT molecular complexity index is 1540. The molecular formula is C37H50N6O8. The molecule has 14 nitrogen and oxygen atoms in total. The molecule has 8 N–H and O–H groups in total. The van der Waals surface area contributed by atoms with Crippen LogP contribution in [-0.4, -0.2) is 71.1 Å². The van der Waals surface area contributed by atoms with E-state index in [0.29, 0.717) is 24.8 Å². The van der Waals surface area contributed by atoms with E-state index in [0.717, 1.165) is 19.3 Å². The maximum atomic E-state index is 13.9. The summed E-state index contributed by atoms with van der Waals surface area (Å²) in [5.41, 5.74) is 6.84. The van der Waals surface area contributed by atoms with Crippen LogP contribution >= 0.6 is 0 Å². The zero-order valence-electron chi connectivity index (χ0n) is 29.4. The van der Waals surface area contributed by atoms with Crippen LogP contribution in [0, 0.1) is 11.8 Å². The minimum absolute atomic E-state index is 0.0551. The molecular weight excluding hydrogens is 656 g/mol. The Hall–Kier alpha value is -5.27. The Morgan fingerprint density at radius 3 is 2.04 bits per heavy atom. The molecule has 1 aliphatic rings. The van der Waals surface area contributed by atoms with Gasteiger partial charge in [0.15, 0.2) is 6.04 Å². The summed E-state index contributed by atoms with van der Waals surface area (Å²) in [6.07, 6.45) is 4.96. The standard InChI is InChI=1S/C37H50N6O8/c1-4-13-27(32(45)36(49)39-21-29(44)42-31(37(50)51)24-16-9-6-10-17-24)40-34(47)28(20-22(2)3)41-35(48)30(23-14-7-5-8-15-23)43-33(46)25-18-11-12-19-26(25)38/h6,9-12,16-19,22-23,27-28,30-31H,4-5,7-8,13-15,20-21,38H2,1-3H3,(H,39,49)(H,40,47)(H,41,48)(H,42,44)(H,43,46)(H,50,51)/t27-,28+,30+,31+/m1/s1. The van der Waals surface area contributed by atoms with E-state index in [4.69, 9.17) is 5.73 Å². The van der Waals surface area contributed by atoms with Gasteiger partial charge < -0.3 is 37.4 Å². The summed E-state index contributed by atoms with van der Waals surface area (Å²) < 4.78 is 0. The number of nitrogens with one attached hydrogen (secondary N) is 5. The fraction of sp³-hybridized carbons (Fsp3) is 0.486. The highest BCUT2D eigenvalue weighted by molar-refractivity contribution is 6.38. The average molecular weight is 707 g/mol. The van der Waals surface area contributed by atoms with Crippen molar-refractivity contribution in [1.29, 1.82) is 0 Å². The predicted octanol–water partition coefficient (Wildman–Crippen LogP) is 2.39. The van der Waals surface area contributed by atoms with E-state index in [1.165, 1.54) is 12.1 Å². The number of para-hydroxylation sites is 1. The van der Waals surface area contributed by atoms with Gasteiger partial charge in [-0.3, -0.25) is 28.8 Å². The number of rotatable bonds is 18. The summed E-state index contributed by atoms with van der Waals surface area (Å²) in [4.78, 5) is 91.1. The number of benzene rings is 2. The van der Waals surface area contributed by atoms with Crippen molar-refractivity contribution >= 4 is 47.0 Å². The third-order valence-corrected chi connectivity index (χ3v) is 8.76. The van der Waals surface area contributed by atoms with Crippen molar-refractivity contribution in [2.24, 2.45) is 11.8 Å². The molecule has 0 aromatic heterocycles. The van der Waals surface area contributed by atoms with E-state index in [9.17, 15) is 38.7 Å². The summed E-state index contributed by atoms with van der Waals surface area (Å²) in [5.74, 6) is -6.22. The van der Waals surface area contributed by atoms with Crippen LogP contribution in [0.15, 0.2) is 54.6 Å². The molecule has 0 spiro atoms. The zero-order chi connectivity index (χ0) is 37.5. The molecule has 1 saturated carbocycles. The molecule has 276 valence electrons. The van der Waals surface area contributed by atoms with E-state index in [1.807, 2.05) is 13.8 Å². The van der Waals surface area contributed by atoms with Gasteiger partial charge in [0.2, 0.25) is 23.5 Å². The SMILES string of the molecule is CCC[C@@H](NC(=O)[C@H](CC(C)C)NC(=O)[C@@H](NC(=O)c1ccccc1N)C1CCCCC1)C(=O)C(=O)NCC(=O)N[C@H](C(=O)O)c1ccccc1. The van der Waals surface area contributed by atoms with Crippen molar-refractivity contribution in [2.45, 2.75) is 96.3 Å². The minimum atomic E-state index is -1.37. The summed E-state index contributed by atoms with van der Waals surface area (Å²) in [6, 6.07) is 9.87. The van der Waals surface area contributed by atoms with Crippen LogP contribution in [0.1, 0.15) is 94.1 Å². The molecule has 0 saturated heterocycles. The van der Waals surface area contributed by atoms with Gasteiger partial charge in [0, 0.05) is 5.69 Å². The number of aliphatic carboxylic acids is 1. The molecule has 1 aliphatic carbocycles. The van der Waals surface area contributed by atoms with Gasteiger partial charge in [-0.05, 0) is 55.2 Å². The molecule has 14 heteroatoms. The number of Topliss-reactive ketones (excluding diaryl/α,β-unsaturated/α-hetero) is 1. The van der Waals surface area contributed by atoms with E-state index >= 15 is 0 Å². The predicted molar refractivity (Wildman–Crippen MR) is 190 cm³/mol. The zero-order valence-corrected chi connectivity index (χ0v) is 29.4. The molecule has 0 unspecified atom stereocenters. The largest absolute Gasteiger partial charge is 0.479 e. The van der Waals surface area contributed by atoms with Gasteiger partial charge in [0.25, 0.3) is 11.8 Å². The van der Waals surface area contributed by atoms with Crippen LogP contribution in [0.2, 0.25) is 0 Å². The lowest BCUT2D eigenvalue weighted by atomic mass is 9.83. The van der Waals surface area contributed by atoms with Crippen molar-refractivity contribution in [3.8, 4) is 0 Å². The Morgan fingerprint density at radius 1 is 0.804 bits per heavy atom. The molecule has 0 radical (unpaired) electrons. The number of nitrogen functional groups attached to an aromatic ring is 1. The smallest absolute Gasteiger partial charge is 0.330 e. The Labute approximate surface area is 298 Å². The summed E-state index contributed by atoms with van der Waals surface area (Å²) >= 11 is 0. The Balaban J connectivity index is 1.69. The van der Waals surface area contributed by atoms with Gasteiger partial charge in [-0.2, -0.15) is 0 Å². The van der Waals surface area contributed by atoms with E-state index in [1.54, 1.807) is 49.4 Å². The first-order valence-electron chi connectivity index (χ1n) is 17.5. The molecule has 5 amide bonds. The molecule has 0 aliphatic heterocycles. The van der Waals surface area contributed by atoms with Crippen LogP contribution in [0.5, 0.6) is 0 Å². The first-order chi connectivity index (χ1) is 24.3. The molecule has 2 aromatic carbocycles. The third kappa shape index (κ3) is 12.2. The first kappa shape index (κ1) is 40.2. The lowest BCUT2D eigenvalue weighted by Gasteiger charge is -2.32. The van der Waals surface area contributed by atoms with Crippen molar-refractivity contribution in [3.05, 3.63) is 65.7 Å². The normalized spacial score (nSPS) is 15.4. The van der Waals surface area contributed by atoms with Gasteiger partial charge in [-0.15, -0.1) is 0 Å². The van der Waals surface area contributed by atoms with E-state index < -0.39 is 72.0 Å². The highest BCUT2D eigenvalue weighted by Crippen LogP contribution is 2.27. The van der Waals surface area contributed by atoms with Gasteiger partial charge in [0.1, 0.15) is 12.1 Å². The fourth-order valence-corrected chi connectivity index (χ4v) is 6.13. The van der Waals surface area contributed by atoms with Crippen molar-refractivity contribution in [3.63, 3.8) is 0 Å². The van der Waals surface area contributed by atoms with E-state index in [-0.39, 0.29) is 35.9 Å². The van der Waals surface area contributed by atoms with Gasteiger partial charge in [0.05, 0.1) is 18.2 Å². The summed E-state index contributed by atoms with van der Waals surface area (Å²) in [6.45, 7) is 4.82.